The fourth-order valence-electron chi connectivity index (χ4n) is 1.35. The van der Waals surface area contributed by atoms with Crippen LogP contribution in [0.1, 0.15) is 30.9 Å². The van der Waals surface area contributed by atoms with Gasteiger partial charge in [0.05, 0.1) is 11.3 Å². The second kappa shape index (κ2) is 4.73. The van der Waals surface area contributed by atoms with E-state index in [2.05, 4.69) is 4.98 Å². The van der Waals surface area contributed by atoms with E-state index in [1.165, 1.54) is 0 Å². The lowest BCUT2D eigenvalue weighted by molar-refractivity contribution is 0.769. The number of aryl methyl sites for hydroxylation is 1. The first-order valence-corrected chi connectivity index (χ1v) is 4.94. The summed E-state index contributed by atoms with van der Waals surface area (Å²) in [5, 5.41) is 0. The summed E-state index contributed by atoms with van der Waals surface area (Å²) >= 11 is 0. The van der Waals surface area contributed by atoms with Gasteiger partial charge in [0, 0.05) is 7.05 Å². The lowest BCUT2D eigenvalue weighted by Crippen LogP contribution is -2.24. The normalized spacial score (nSPS) is 11.7. The predicted molar refractivity (Wildman–Crippen MR) is 63.6 cm³/mol. The molecular weight excluding hydrogens is 188 g/mol. The molecule has 0 fully saturated rings. The quantitative estimate of drug-likeness (QED) is 0.740. The maximum Gasteiger partial charge on any atom is 0.261 e. The Bertz CT molecular complexity index is 467. The third kappa shape index (κ3) is 2.24. The Morgan fingerprint density at radius 2 is 1.80 bits per heavy atom. The minimum atomic E-state index is -0.00583. The second-order valence-corrected chi connectivity index (χ2v) is 3.32. The molecule has 0 N–H and O–H groups in total. The van der Waals surface area contributed by atoms with Crippen molar-refractivity contribution in [2.45, 2.75) is 20.8 Å². The Hall–Kier alpha value is -1.64. The smallest absolute Gasteiger partial charge is 0.261 e. The van der Waals surface area contributed by atoms with Crippen LogP contribution in [0.3, 0.4) is 0 Å². The molecule has 0 unspecified atom stereocenters. The van der Waals surface area contributed by atoms with Crippen LogP contribution in [0.4, 0.5) is 0 Å². The zero-order valence-electron chi connectivity index (χ0n) is 9.61. The molecule has 0 saturated carbocycles. The van der Waals surface area contributed by atoms with Crippen LogP contribution in [0.5, 0.6) is 0 Å². The molecule has 0 aliphatic rings. The number of rotatable bonds is 2. The zero-order valence-corrected chi connectivity index (χ0v) is 9.61. The third-order valence-corrected chi connectivity index (χ3v) is 2.24. The van der Waals surface area contributed by atoms with Crippen LogP contribution in [0.2, 0.25) is 0 Å². The average molecular weight is 204 g/mol. The molecule has 1 aromatic rings. The van der Waals surface area contributed by atoms with Gasteiger partial charge in [-0.05, 0) is 26.8 Å². The van der Waals surface area contributed by atoms with Gasteiger partial charge < -0.3 is 0 Å². The van der Waals surface area contributed by atoms with Crippen LogP contribution in [0, 0.1) is 6.92 Å². The van der Waals surface area contributed by atoms with Gasteiger partial charge in [-0.3, -0.25) is 9.36 Å². The van der Waals surface area contributed by atoms with Crippen molar-refractivity contribution < 1.29 is 0 Å². The van der Waals surface area contributed by atoms with Crippen LogP contribution in [0.15, 0.2) is 16.9 Å². The molecule has 0 radical (unpaired) electrons. The van der Waals surface area contributed by atoms with E-state index in [9.17, 15) is 4.79 Å². The molecule has 1 heterocycles. The standard InChI is InChI=1S/C12H16N2O/c1-5-7-10-11(8-6-2)13-9(3)14(4)12(10)15/h5-8H,1-4H3/b7-5-,8-6-. The molecule has 0 atom stereocenters. The first-order valence-electron chi connectivity index (χ1n) is 4.94. The van der Waals surface area contributed by atoms with E-state index in [-0.39, 0.29) is 5.56 Å². The monoisotopic (exact) mass is 204 g/mol. The number of hydrogen-bond donors (Lipinski definition) is 0. The first kappa shape index (κ1) is 11.4. The molecule has 0 aliphatic carbocycles. The number of nitrogens with zero attached hydrogens (tertiary/aromatic N) is 2. The van der Waals surface area contributed by atoms with E-state index in [0.717, 1.165) is 11.5 Å². The second-order valence-electron chi connectivity index (χ2n) is 3.32. The fourth-order valence-corrected chi connectivity index (χ4v) is 1.35. The van der Waals surface area contributed by atoms with E-state index < -0.39 is 0 Å². The first-order chi connectivity index (χ1) is 7.11. The lowest BCUT2D eigenvalue weighted by atomic mass is 10.2. The van der Waals surface area contributed by atoms with E-state index in [1.807, 2.05) is 39.0 Å². The Morgan fingerprint density at radius 1 is 1.20 bits per heavy atom. The Morgan fingerprint density at radius 3 is 2.33 bits per heavy atom. The van der Waals surface area contributed by atoms with Crippen molar-refractivity contribution in [3.8, 4) is 0 Å². The molecule has 1 rings (SSSR count). The zero-order chi connectivity index (χ0) is 11.4. The Kier molecular flexibility index (Phi) is 3.61. The molecule has 0 saturated heterocycles. The van der Waals surface area contributed by atoms with Gasteiger partial charge in [-0.2, -0.15) is 0 Å². The van der Waals surface area contributed by atoms with Crippen molar-refractivity contribution in [3.05, 3.63) is 39.6 Å². The summed E-state index contributed by atoms with van der Waals surface area (Å²) in [5.74, 6) is 0.723. The van der Waals surface area contributed by atoms with Gasteiger partial charge in [0.2, 0.25) is 0 Å². The molecule has 80 valence electrons. The van der Waals surface area contributed by atoms with Crippen LogP contribution in [-0.2, 0) is 7.05 Å². The topological polar surface area (TPSA) is 34.9 Å². The molecule has 3 nitrogen and oxygen atoms in total. The van der Waals surface area contributed by atoms with E-state index >= 15 is 0 Å². The van der Waals surface area contributed by atoms with Crippen molar-refractivity contribution in [2.75, 3.05) is 0 Å². The number of hydrogen-bond acceptors (Lipinski definition) is 2. The van der Waals surface area contributed by atoms with Crippen molar-refractivity contribution >= 4 is 12.2 Å². The molecule has 1 aromatic heterocycles. The predicted octanol–water partition coefficient (Wildman–Crippen LogP) is 2.15. The van der Waals surface area contributed by atoms with Gasteiger partial charge in [0.25, 0.3) is 5.56 Å². The molecule has 15 heavy (non-hydrogen) atoms. The Balaban J connectivity index is 3.57. The van der Waals surface area contributed by atoms with Crippen molar-refractivity contribution in [1.82, 2.24) is 9.55 Å². The van der Waals surface area contributed by atoms with Gasteiger partial charge in [-0.15, -0.1) is 0 Å². The van der Waals surface area contributed by atoms with Crippen LogP contribution in [-0.4, -0.2) is 9.55 Å². The van der Waals surface area contributed by atoms with Crippen LogP contribution < -0.4 is 5.56 Å². The number of allylic oxidation sites excluding steroid dienone is 2. The minimum Gasteiger partial charge on any atom is -0.299 e. The largest absolute Gasteiger partial charge is 0.299 e. The van der Waals surface area contributed by atoms with Crippen molar-refractivity contribution in [3.63, 3.8) is 0 Å². The van der Waals surface area contributed by atoms with Crippen molar-refractivity contribution in [1.29, 1.82) is 0 Å². The summed E-state index contributed by atoms with van der Waals surface area (Å²) in [5.41, 5.74) is 1.37. The summed E-state index contributed by atoms with van der Waals surface area (Å²) in [4.78, 5) is 16.3. The van der Waals surface area contributed by atoms with Gasteiger partial charge in [0.1, 0.15) is 5.82 Å². The van der Waals surface area contributed by atoms with Gasteiger partial charge in [-0.1, -0.05) is 18.2 Å². The molecular formula is C12H16N2O. The van der Waals surface area contributed by atoms with E-state index in [4.69, 9.17) is 0 Å². The SMILES string of the molecule is C/C=C\c1nc(C)n(C)c(=O)c1/C=C\C. The van der Waals surface area contributed by atoms with Crippen LogP contribution >= 0.6 is 0 Å². The minimum absolute atomic E-state index is 0.00583. The van der Waals surface area contributed by atoms with Crippen molar-refractivity contribution in [2.24, 2.45) is 7.05 Å². The summed E-state index contributed by atoms with van der Waals surface area (Å²) < 4.78 is 1.56. The van der Waals surface area contributed by atoms with Crippen LogP contribution in [0.25, 0.3) is 12.2 Å². The van der Waals surface area contributed by atoms with Gasteiger partial charge in [-0.25, -0.2) is 4.98 Å². The third-order valence-electron chi connectivity index (χ3n) is 2.24. The highest BCUT2D eigenvalue weighted by molar-refractivity contribution is 5.61. The average Bonchev–Trinajstić information content (AvgIpc) is 2.21. The maximum absolute atomic E-state index is 11.9. The lowest BCUT2D eigenvalue weighted by Gasteiger charge is -2.06. The number of aromatic nitrogens is 2. The molecule has 0 aromatic carbocycles. The maximum atomic E-state index is 11.9. The molecule has 0 aliphatic heterocycles. The molecule has 0 bridgehead atoms. The van der Waals surface area contributed by atoms with Gasteiger partial charge >= 0.3 is 0 Å². The molecule has 0 spiro atoms. The van der Waals surface area contributed by atoms with E-state index in [0.29, 0.717) is 5.56 Å². The summed E-state index contributed by atoms with van der Waals surface area (Å²) in [6.45, 7) is 5.63. The highest BCUT2D eigenvalue weighted by atomic mass is 16.1. The summed E-state index contributed by atoms with van der Waals surface area (Å²) in [7, 11) is 1.73. The van der Waals surface area contributed by atoms with E-state index in [1.54, 1.807) is 17.7 Å². The highest BCUT2D eigenvalue weighted by Crippen LogP contribution is 2.06. The summed E-state index contributed by atoms with van der Waals surface area (Å²) in [6, 6.07) is 0. The highest BCUT2D eigenvalue weighted by Gasteiger charge is 2.07. The fraction of sp³-hybridized carbons (Fsp3) is 0.333. The molecule has 0 amide bonds. The summed E-state index contributed by atoms with van der Waals surface area (Å²) in [6.07, 6.45) is 7.38. The van der Waals surface area contributed by atoms with Gasteiger partial charge in [0.15, 0.2) is 0 Å². The Labute approximate surface area is 89.8 Å². The molecule has 3 heteroatoms.